The first-order valence-corrected chi connectivity index (χ1v) is 11.5. The van der Waals surface area contributed by atoms with Crippen LogP contribution in [-0.2, 0) is 21.7 Å². The van der Waals surface area contributed by atoms with Gasteiger partial charge in [0, 0.05) is 5.02 Å². The third-order valence-corrected chi connectivity index (χ3v) is 5.96. The number of carbonyl (C=O) groups is 1. The van der Waals surface area contributed by atoms with E-state index < -0.39 is 11.6 Å². The first-order valence-electron chi connectivity index (χ1n) is 11.2. The van der Waals surface area contributed by atoms with Gasteiger partial charge >= 0.3 is 0 Å². The molecule has 0 fully saturated rings. The molecule has 0 radical (unpaired) electrons. The molecule has 35 heavy (non-hydrogen) atoms. The van der Waals surface area contributed by atoms with Crippen LogP contribution in [-0.4, -0.2) is 53.0 Å². The Bertz CT molecular complexity index is 1030. The summed E-state index contributed by atoms with van der Waals surface area (Å²) in [6.45, 7) is 1.23. The Hall–Kier alpha value is -2.78. The van der Waals surface area contributed by atoms with Crippen molar-refractivity contribution < 1.29 is 34.4 Å². The maximum Gasteiger partial charge on any atom is 0.183 e. The molecule has 1 unspecified atom stereocenters. The van der Waals surface area contributed by atoms with Crippen LogP contribution in [0.3, 0.4) is 0 Å². The molecule has 0 aliphatic carbocycles. The van der Waals surface area contributed by atoms with Crippen molar-refractivity contribution in [3.05, 3.63) is 95.0 Å². The quantitative estimate of drug-likeness (QED) is 0.291. The largest absolute Gasteiger partial charge is 0.547 e. The topological polar surface area (TPSA) is 110 Å². The second kappa shape index (κ2) is 13.3. The summed E-state index contributed by atoms with van der Waals surface area (Å²) in [5, 5.41) is 37.9. The number of carbonyl (C=O) groups excluding carboxylic acids is 1. The number of aliphatic carboxylic acids is 1. The number of quaternary nitrogens is 1. The molecule has 8 heteroatoms. The molecule has 0 bridgehead atoms. The number of hydrogen-bond acceptors (Lipinski definition) is 6. The van der Waals surface area contributed by atoms with Crippen LogP contribution in [0.4, 0.5) is 0 Å². The van der Waals surface area contributed by atoms with E-state index in [1.54, 1.807) is 38.2 Å². The minimum atomic E-state index is -1.46. The first-order chi connectivity index (χ1) is 16.7. The lowest BCUT2D eigenvalue weighted by Crippen LogP contribution is -2.47. The van der Waals surface area contributed by atoms with Crippen molar-refractivity contribution in [1.82, 2.24) is 0 Å². The minimum Gasteiger partial charge on any atom is -0.547 e. The second-order valence-electron chi connectivity index (χ2n) is 8.37. The number of carboxylic acid groups (broad SMARTS) is 1. The lowest BCUT2D eigenvalue weighted by molar-refractivity contribution is -0.959. The highest BCUT2D eigenvalue weighted by atomic mass is 35.5. The monoisotopic (exact) mass is 501 g/mol. The average molecular weight is 502 g/mol. The molecule has 188 valence electrons. The summed E-state index contributed by atoms with van der Waals surface area (Å²) in [6.07, 6.45) is 0.280. The molecule has 7 nitrogen and oxygen atoms in total. The molecular weight excluding hydrogens is 470 g/mol. The minimum absolute atomic E-state index is 0.125. The van der Waals surface area contributed by atoms with Gasteiger partial charge in [-0.2, -0.15) is 0 Å². The third-order valence-electron chi connectivity index (χ3n) is 5.71. The summed E-state index contributed by atoms with van der Waals surface area (Å²) in [5.41, 5.74) is 2.14. The predicted octanol–water partition coefficient (Wildman–Crippen LogP) is 2.86. The molecule has 3 aromatic carbocycles. The van der Waals surface area contributed by atoms with Crippen LogP contribution in [0.25, 0.3) is 11.1 Å². The van der Waals surface area contributed by atoms with Crippen molar-refractivity contribution in [2.24, 2.45) is 0 Å². The fraction of sp³-hybridized carbons (Fsp3) is 0.296. The standard InChI is InChI=1S/C23H21ClO3.C4H12NO3/c1-2-23(22(25)26,20-6-4-3-5-7-20)27-16-17-8-10-18(11-9-17)19-12-14-21(24)15-13-19;1-5(2-6,3-7)4-8/h3-15H,2,16H2,1H3,(H,25,26);6-8H,2-4H2,1H3/q;+1/p-1. The third kappa shape index (κ3) is 7.60. The summed E-state index contributed by atoms with van der Waals surface area (Å²) in [6, 6.07) is 24.4. The fourth-order valence-corrected chi connectivity index (χ4v) is 3.32. The number of ether oxygens (including phenoxy) is 1. The Kier molecular flexibility index (Phi) is 10.9. The first kappa shape index (κ1) is 28.5. The number of nitrogens with zero attached hydrogens (tertiary/aromatic N) is 1. The van der Waals surface area contributed by atoms with E-state index in [1.165, 1.54) is 0 Å². The van der Waals surface area contributed by atoms with Gasteiger partial charge in [0.1, 0.15) is 5.60 Å². The number of halogens is 1. The van der Waals surface area contributed by atoms with Crippen LogP contribution in [0.5, 0.6) is 0 Å². The van der Waals surface area contributed by atoms with Crippen LogP contribution in [0.1, 0.15) is 24.5 Å². The highest BCUT2D eigenvalue weighted by Gasteiger charge is 2.33. The van der Waals surface area contributed by atoms with E-state index >= 15 is 0 Å². The molecule has 0 heterocycles. The Morgan fingerprint density at radius 1 is 0.886 bits per heavy atom. The van der Waals surface area contributed by atoms with Crippen molar-refractivity contribution in [1.29, 1.82) is 0 Å². The van der Waals surface area contributed by atoms with Crippen molar-refractivity contribution in [3.63, 3.8) is 0 Å². The molecule has 3 rings (SSSR count). The maximum absolute atomic E-state index is 11.9. The van der Waals surface area contributed by atoms with Gasteiger partial charge in [0.2, 0.25) is 0 Å². The zero-order chi connectivity index (χ0) is 25.9. The van der Waals surface area contributed by atoms with E-state index in [2.05, 4.69) is 0 Å². The molecule has 0 amide bonds. The molecular formula is C27H32ClNO6. The van der Waals surface area contributed by atoms with Crippen molar-refractivity contribution >= 4 is 17.6 Å². The summed E-state index contributed by atoms with van der Waals surface area (Å²) >= 11 is 5.93. The van der Waals surface area contributed by atoms with E-state index in [0.29, 0.717) is 10.6 Å². The lowest BCUT2D eigenvalue weighted by atomic mass is 9.91. The highest BCUT2D eigenvalue weighted by Crippen LogP contribution is 2.31. The van der Waals surface area contributed by atoms with E-state index in [-0.39, 0.29) is 37.7 Å². The van der Waals surface area contributed by atoms with Crippen LogP contribution in [0, 0.1) is 0 Å². The Balaban J connectivity index is 0.000000466. The van der Waals surface area contributed by atoms with Gasteiger partial charge in [-0.3, -0.25) is 4.48 Å². The summed E-state index contributed by atoms with van der Waals surface area (Å²) in [5.74, 6) is -1.23. The lowest BCUT2D eigenvalue weighted by Gasteiger charge is -2.34. The zero-order valence-corrected chi connectivity index (χ0v) is 20.7. The van der Waals surface area contributed by atoms with Crippen molar-refractivity contribution in [2.75, 3.05) is 27.2 Å². The second-order valence-corrected chi connectivity index (χ2v) is 8.81. The van der Waals surface area contributed by atoms with Crippen LogP contribution in [0.2, 0.25) is 5.02 Å². The Morgan fingerprint density at radius 2 is 1.37 bits per heavy atom. The summed E-state index contributed by atoms with van der Waals surface area (Å²) < 4.78 is 5.77. The molecule has 1 atom stereocenters. The van der Waals surface area contributed by atoms with Gasteiger partial charge in [-0.15, -0.1) is 0 Å². The number of aliphatic hydroxyl groups excluding tert-OH is 3. The fourth-order valence-electron chi connectivity index (χ4n) is 3.19. The van der Waals surface area contributed by atoms with Crippen LogP contribution in [0.15, 0.2) is 78.9 Å². The number of benzene rings is 3. The molecule has 0 aromatic heterocycles. The van der Waals surface area contributed by atoms with E-state index in [1.807, 2.05) is 54.6 Å². The van der Waals surface area contributed by atoms with Gasteiger partial charge in [-0.1, -0.05) is 85.3 Å². The van der Waals surface area contributed by atoms with Crippen LogP contribution < -0.4 is 5.11 Å². The number of carboxylic acids is 1. The predicted molar refractivity (Wildman–Crippen MR) is 133 cm³/mol. The number of rotatable bonds is 10. The van der Waals surface area contributed by atoms with E-state index in [4.69, 9.17) is 31.7 Å². The average Bonchev–Trinajstić information content (AvgIpc) is 2.90. The maximum atomic E-state index is 11.9. The SMILES string of the molecule is CCC(OCc1ccc(-c2ccc(Cl)cc2)cc1)(C(=O)[O-])c1ccccc1.C[N+](CO)(CO)CO. The van der Waals surface area contributed by atoms with Gasteiger partial charge in [-0.25, -0.2) is 0 Å². The van der Waals surface area contributed by atoms with Crippen LogP contribution >= 0.6 is 11.6 Å². The van der Waals surface area contributed by atoms with Gasteiger partial charge < -0.3 is 30.0 Å². The normalized spacial score (nSPS) is 12.9. The van der Waals surface area contributed by atoms with Crippen molar-refractivity contribution in [2.45, 2.75) is 25.6 Å². The van der Waals surface area contributed by atoms with E-state index in [9.17, 15) is 9.90 Å². The van der Waals surface area contributed by atoms with Gasteiger partial charge in [-0.05, 0) is 40.8 Å². The van der Waals surface area contributed by atoms with Gasteiger partial charge in [0.25, 0.3) is 0 Å². The molecule has 0 aliphatic heterocycles. The van der Waals surface area contributed by atoms with Gasteiger partial charge in [0.05, 0.1) is 19.6 Å². The van der Waals surface area contributed by atoms with Crippen molar-refractivity contribution in [3.8, 4) is 11.1 Å². The molecule has 0 saturated carbocycles. The highest BCUT2D eigenvalue weighted by molar-refractivity contribution is 6.30. The summed E-state index contributed by atoms with van der Waals surface area (Å²) in [7, 11) is 1.54. The Morgan fingerprint density at radius 3 is 1.77 bits per heavy atom. The van der Waals surface area contributed by atoms with Gasteiger partial charge in [0.15, 0.2) is 20.2 Å². The Labute approximate surface area is 211 Å². The molecule has 0 spiro atoms. The molecule has 0 aliphatic rings. The molecule has 3 N–H and O–H groups in total. The van der Waals surface area contributed by atoms with E-state index in [0.717, 1.165) is 16.7 Å². The number of hydrogen-bond donors (Lipinski definition) is 3. The zero-order valence-electron chi connectivity index (χ0n) is 19.9. The number of aliphatic hydroxyl groups is 3. The molecule has 0 saturated heterocycles. The summed E-state index contributed by atoms with van der Waals surface area (Å²) in [4.78, 5) is 11.9. The smallest absolute Gasteiger partial charge is 0.183 e. The molecule has 3 aromatic rings.